The van der Waals surface area contributed by atoms with Crippen LogP contribution in [0, 0.1) is 0 Å². The monoisotopic (exact) mass is 435 g/mol. The highest BCUT2D eigenvalue weighted by atomic mass is 32.2. The summed E-state index contributed by atoms with van der Waals surface area (Å²) in [5, 5.41) is 13.6. The molecule has 1 aliphatic rings. The number of thioether (sulfide) groups is 1. The van der Waals surface area contributed by atoms with E-state index in [4.69, 9.17) is 9.15 Å². The van der Waals surface area contributed by atoms with Crippen LogP contribution in [-0.4, -0.2) is 34.4 Å². The topological polar surface area (TPSA) is 94.3 Å². The first kappa shape index (κ1) is 19.2. The van der Waals surface area contributed by atoms with Gasteiger partial charge in [-0.15, -0.1) is 32.9 Å². The highest BCUT2D eigenvalue weighted by molar-refractivity contribution is 7.99. The summed E-state index contributed by atoms with van der Waals surface area (Å²) in [7, 11) is 0. The Hall–Kier alpha value is -2.17. The first-order chi connectivity index (χ1) is 13.7. The Morgan fingerprint density at radius 1 is 1.36 bits per heavy atom. The predicted octanol–water partition coefficient (Wildman–Crippen LogP) is 4.26. The molecule has 1 aliphatic carbocycles. The highest BCUT2D eigenvalue weighted by Crippen LogP contribution is 2.39. The van der Waals surface area contributed by atoms with Crippen molar-refractivity contribution in [2.24, 2.45) is 0 Å². The number of amides is 1. The zero-order valence-corrected chi connectivity index (χ0v) is 17.5. The summed E-state index contributed by atoms with van der Waals surface area (Å²) in [6.45, 7) is 2.07. The van der Waals surface area contributed by atoms with Gasteiger partial charge in [0.2, 0.25) is 5.91 Å². The number of hydrogen-bond donors (Lipinski definition) is 1. The Labute approximate surface area is 173 Å². The number of nitrogens with one attached hydrogen (secondary N) is 1. The summed E-state index contributed by atoms with van der Waals surface area (Å²) in [6.07, 6.45) is 2.81. The zero-order valence-electron chi connectivity index (χ0n) is 15.0. The summed E-state index contributed by atoms with van der Waals surface area (Å²) in [6, 6.07) is 3.80. The molecule has 3 aromatic rings. The number of esters is 1. The van der Waals surface area contributed by atoms with Crippen LogP contribution in [-0.2, 0) is 22.4 Å². The summed E-state index contributed by atoms with van der Waals surface area (Å²) < 4.78 is 10.8. The molecule has 10 heteroatoms. The van der Waals surface area contributed by atoms with Crippen LogP contribution < -0.4 is 5.32 Å². The van der Waals surface area contributed by atoms with Crippen LogP contribution in [0.3, 0.4) is 0 Å². The molecule has 0 saturated heterocycles. The van der Waals surface area contributed by atoms with Crippen molar-refractivity contribution >= 4 is 51.3 Å². The number of anilines is 1. The molecule has 0 aromatic carbocycles. The molecule has 0 radical (unpaired) electrons. The molecule has 0 spiro atoms. The van der Waals surface area contributed by atoms with Crippen molar-refractivity contribution in [2.75, 3.05) is 17.7 Å². The van der Waals surface area contributed by atoms with Gasteiger partial charge >= 0.3 is 5.97 Å². The molecule has 1 amide bonds. The van der Waals surface area contributed by atoms with Gasteiger partial charge in [0.05, 0.1) is 22.8 Å². The van der Waals surface area contributed by atoms with Crippen LogP contribution in [0.15, 0.2) is 27.2 Å². The zero-order chi connectivity index (χ0) is 19.5. The number of aryl methyl sites for hydroxylation is 1. The fourth-order valence-corrected chi connectivity index (χ4v) is 5.47. The van der Waals surface area contributed by atoms with Crippen LogP contribution in [0.1, 0.15) is 34.1 Å². The fourth-order valence-electron chi connectivity index (χ4n) is 2.97. The fraction of sp³-hybridized carbons (Fsp3) is 0.333. The van der Waals surface area contributed by atoms with Gasteiger partial charge in [-0.2, -0.15) is 0 Å². The Bertz CT molecular complexity index is 994. The van der Waals surface area contributed by atoms with Gasteiger partial charge in [0.15, 0.2) is 0 Å². The number of aromatic nitrogens is 2. The standard InChI is InChI=1S/C18H17N3O4S3/c1-2-24-17(23)14-10-5-3-6-11(10)28-16(14)19-13(22)9-27-18-21-20-15(25-18)12-7-4-8-26-12/h4,7-8H,2-3,5-6,9H2,1H3,(H,19,22). The third-order valence-electron chi connectivity index (χ3n) is 4.12. The maximum Gasteiger partial charge on any atom is 0.341 e. The molecule has 3 aromatic heterocycles. The molecule has 3 heterocycles. The number of nitrogens with zero attached hydrogens (tertiary/aromatic N) is 2. The van der Waals surface area contributed by atoms with E-state index >= 15 is 0 Å². The Morgan fingerprint density at radius 3 is 3.04 bits per heavy atom. The van der Waals surface area contributed by atoms with Crippen LogP contribution in [0.2, 0.25) is 0 Å². The van der Waals surface area contributed by atoms with Crippen molar-refractivity contribution in [3.63, 3.8) is 0 Å². The van der Waals surface area contributed by atoms with E-state index in [9.17, 15) is 9.59 Å². The minimum atomic E-state index is -0.373. The van der Waals surface area contributed by atoms with E-state index in [1.165, 1.54) is 22.7 Å². The summed E-state index contributed by atoms with van der Waals surface area (Å²) in [4.78, 5) is 26.8. The van der Waals surface area contributed by atoms with Crippen molar-refractivity contribution in [1.29, 1.82) is 0 Å². The van der Waals surface area contributed by atoms with Crippen LogP contribution in [0.5, 0.6) is 0 Å². The minimum absolute atomic E-state index is 0.108. The quantitative estimate of drug-likeness (QED) is 0.438. The molecule has 146 valence electrons. The number of thiophene rings is 2. The van der Waals surface area contributed by atoms with Crippen molar-refractivity contribution in [1.82, 2.24) is 10.2 Å². The third-order valence-corrected chi connectivity index (χ3v) is 7.00. The lowest BCUT2D eigenvalue weighted by molar-refractivity contribution is -0.113. The van der Waals surface area contributed by atoms with Gasteiger partial charge in [-0.3, -0.25) is 4.79 Å². The average molecular weight is 436 g/mol. The van der Waals surface area contributed by atoms with Crippen LogP contribution >= 0.6 is 34.4 Å². The number of ether oxygens (including phenoxy) is 1. The highest BCUT2D eigenvalue weighted by Gasteiger charge is 2.28. The number of carbonyl (C=O) groups is 2. The molecule has 0 saturated carbocycles. The summed E-state index contributed by atoms with van der Waals surface area (Å²) in [5.41, 5.74) is 1.53. The van der Waals surface area contributed by atoms with E-state index in [1.807, 2.05) is 17.5 Å². The maximum absolute atomic E-state index is 12.4. The molecule has 1 N–H and O–H groups in total. The number of rotatable bonds is 7. The van der Waals surface area contributed by atoms with E-state index in [-0.39, 0.29) is 17.6 Å². The third kappa shape index (κ3) is 3.98. The number of hydrogen-bond acceptors (Lipinski definition) is 9. The van der Waals surface area contributed by atoms with E-state index in [0.29, 0.717) is 28.3 Å². The largest absolute Gasteiger partial charge is 0.462 e. The van der Waals surface area contributed by atoms with Crippen LogP contribution in [0.25, 0.3) is 10.8 Å². The molecule has 0 unspecified atom stereocenters. The maximum atomic E-state index is 12.4. The van der Waals surface area contributed by atoms with Crippen molar-refractivity contribution in [3.05, 3.63) is 33.5 Å². The SMILES string of the molecule is CCOC(=O)c1c(NC(=O)CSc2nnc(-c3cccs3)o2)sc2c1CCC2. The van der Waals surface area contributed by atoms with E-state index in [2.05, 4.69) is 15.5 Å². The number of carbonyl (C=O) groups excluding carboxylic acids is 2. The van der Waals surface area contributed by atoms with Gasteiger partial charge in [0, 0.05) is 4.88 Å². The van der Waals surface area contributed by atoms with Crippen LogP contribution in [0.4, 0.5) is 5.00 Å². The normalized spacial score (nSPS) is 12.8. The summed E-state index contributed by atoms with van der Waals surface area (Å²) >= 11 is 4.13. The lowest BCUT2D eigenvalue weighted by Crippen LogP contribution is -2.16. The minimum Gasteiger partial charge on any atom is -0.462 e. The molecule has 28 heavy (non-hydrogen) atoms. The van der Waals surface area contributed by atoms with Gasteiger partial charge in [0.1, 0.15) is 5.00 Å². The van der Waals surface area contributed by atoms with Gasteiger partial charge in [0.25, 0.3) is 11.1 Å². The Morgan fingerprint density at radius 2 is 2.25 bits per heavy atom. The second kappa shape index (κ2) is 8.46. The second-order valence-corrected chi connectivity index (χ2v) is 8.95. The van der Waals surface area contributed by atoms with Crippen molar-refractivity contribution < 1.29 is 18.7 Å². The van der Waals surface area contributed by atoms with E-state index < -0.39 is 0 Å². The Kier molecular flexibility index (Phi) is 5.79. The molecule has 0 atom stereocenters. The molecule has 0 bridgehead atoms. The predicted molar refractivity (Wildman–Crippen MR) is 109 cm³/mol. The van der Waals surface area contributed by atoms with Crippen molar-refractivity contribution in [3.8, 4) is 10.8 Å². The van der Waals surface area contributed by atoms with Crippen molar-refractivity contribution in [2.45, 2.75) is 31.4 Å². The molecule has 7 nitrogen and oxygen atoms in total. The van der Waals surface area contributed by atoms with Gasteiger partial charge in [-0.1, -0.05) is 17.8 Å². The smallest absolute Gasteiger partial charge is 0.341 e. The van der Waals surface area contributed by atoms with Gasteiger partial charge in [-0.25, -0.2) is 4.79 Å². The van der Waals surface area contributed by atoms with E-state index in [1.54, 1.807) is 6.92 Å². The average Bonchev–Trinajstić information content (AvgIpc) is 3.43. The summed E-state index contributed by atoms with van der Waals surface area (Å²) in [5.74, 6) is -0.0532. The molecule has 0 fully saturated rings. The molecular formula is C18H17N3O4S3. The van der Waals surface area contributed by atoms with E-state index in [0.717, 1.165) is 46.3 Å². The first-order valence-electron chi connectivity index (χ1n) is 8.77. The van der Waals surface area contributed by atoms with Gasteiger partial charge in [-0.05, 0) is 43.2 Å². The lowest BCUT2D eigenvalue weighted by Gasteiger charge is -2.07. The molecular weight excluding hydrogens is 418 g/mol. The lowest BCUT2D eigenvalue weighted by atomic mass is 10.1. The number of fused-ring (bicyclic) bond motifs is 1. The molecule has 4 rings (SSSR count). The Balaban J connectivity index is 1.41. The van der Waals surface area contributed by atoms with Gasteiger partial charge < -0.3 is 14.5 Å². The molecule has 0 aliphatic heterocycles. The first-order valence-corrected chi connectivity index (χ1v) is 11.5. The second-order valence-electron chi connectivity index (χ2n) is 5.97.